The molecule has 3 heteroatoms. The summed E-state index contributed by atoms with van der Waals surface area (Å²) in [5.74, 6) is 0. The van der Waals surface area contributed by atoms with Crippen LogP contribution in [0.25, 0.3) is 0 Å². The molecule has 0 aromatic rings. The fourth-order valence-electron chi connectivity index (χ4n) is 1.44. The SMILES string of the molecule is C[C@H]1C[C@H](C)N(C)C(=O)N1C. The molecule has 0 spiro atoms. The number of carbonyl (C=O) groups excluding carboxylic acids is 1. The predicted molar refractivity (Wildman–Crippen MR) is 44.5 cm³/mol. The maximum Gasteiger partial charge on any atom is 0.319 e. The van der Waals surface area contributed by atoms with Crippen LogP contribution in [0, 0.1) is 0 Å². The van der Waals surface area contributed by atoms with Gasteiger partial charge in [0, 0.05) is 26.2 Å². The lowest BCUT2D eigenvalue weighted by atomic mass is 10.1. The van der Waals surface area contributed by atoms with E-state index in [1.807, 2.05) is 14.1 Å². The van der Waals surface area contributed by atoms with Crippen molar-refractivity contribution >= 4 is 6.03 Å². The number of hydrogen-bond acceptors (Lipinski definition) is 1. The molecule has 64 valence electrons. The first-order valence-electron chi connectivity index (χ1n) is 4.03. The molecule has 3 nitrogen and oxygen atoms in total. The van der Waals surface area contributed by atoms with Crippen molar-refractivity contribution in [2.24, 2.45) is 0 Å². The molecule has 0 aromatic heterocycles. The molecule has 1 fully saturated rings. The summed E-state index contributed by atoms with van der Waals surface area (Å²) in [5, 5.41) is 0. The van der Waals surface area contributed by atoms with E-state index < -0.39 is 0 Å². The monoisotopic (exact) mass is 156 g/mol. The van der Waals surface area contributed by atoms with E-state index in [1.54, 1.807) is 9.80 Å². The Morgan fingerprint density at radius 3 is 1.91 bits per heavy atom. The summed E-state index contributed by atoms with van der Waals surface area (Å²) in [6, 6.07) is 0.902. The number of hydrogen-bond donors (Lipinski definition) is 0. The average Bonchev–Trinajstić information content (AvgIpc) is 1.97. The van der Waals surface area contributed by atoms with Crippen molar-refractivity contribution in [1.29, 1.82) is 0 Å². The van der Waals surface area contributed by atoms with Crippen LogP contribution < -0.4 is 0 Å². The normalized spacial score (nSPS) is 32.9. The summed E-state index contributed by atoms with van der Waals surface area (Å²) >= 11 is 0. The van der Waals surface area contributed by atoms with Crippen molar-refractivity contribution in [3.8, 4) is 0 Å². The molecular formula is C8H16N2O. The molecule has 1 rings (SSSR count). The van der Waals surface area contributed by atoms with Crippen molar-refractivity contribution in [3.63, 3.8) is 0 Å². The molecule has 0 unspecified atom stereocenters. The second kappa shape index (κ2) is 2.72. The zero-order chi connectivity index (χ0) is 8.59. The molecule has 0 aliphatic carbocycles. The van der Waals surface area contributed by atoms with E-state index >= 15 is 0 Å². The van der Waals surface area contributed by atoms with E-state index in [1.165, 1.54) is 0 Å². The van der Waals surface area contributed by atoms with Crippen molar-refractivity contribution in [3.05, 3.63) is 0 Å². The zero-order valence-electron chi connectivity index (χ0n) is 7.66. The first-order valence-corrected chi connectivity index (χ1v) is 4.03. The molecule has 0 N–H and O–H groups in total. The maximum absolute atomic E-state index is 11.4. The predicted octanol–water partition coefficient (Wildman–Crippen LogP) is 1.15. The van der Waals surface area contributed by atoms with Gasteiger partial charge in [0.25, 0.3) is 0 Å². The number of nitrogens with zero attached hydrogens (tertiary/aromatic N) is 2. The summed E-state index contributed by atoms with van der Waals surface area (Å²) in [7, 11) is 3.71. The molecule has 0 radical (unpaired) electrons. The topological polar surface area (TPSA) is 23.6 Å². The molecule has 0 aromatic carbocycles. The lowest BCUT2D eigenvalue weighted by Gasteiger charge is -2.40. The average molecular weight is 156 g/mol. The van der Waals surface area contributed by atoms with E-state index in [9.17, 15) is 4.79 Å². The number of carbonyl (C=O) groups is 1. The third-order valence-corrected chi connectivity index (χ3v) is 2.61. The largest absolute Gasteiger partial charge is 0.325 e. The molecule has 0 bridgehead atoms. The van der Waals surface area contributed by atoms with E-state index in [4.69, 9.17) is 0 Å². The van der Waals surface area contributed by atoms with Crippen molar-refractivity contribution in [2.75, 3.05) is 14.1 Å². The van der Waals surface area contributed by atoms with Crippen molar-refractivity contribution in [1.82, 2.24) is 9.80 Å². The highest BCUT2D eigenvalue weighted by molar-refractivity contribution is 5.75. The summed E-state index contributed by atoms with van der Waals surface area (Å²) < 4.78 is 0. The third-order valence-electron chi connectivity index (χ3n) is 2.61. The molecule has 1 heterocycles. The van der Waals surface area contributed by atoms with Crippen LogP contribution in [-0.4, -0.2) is 42.0 Å². The van der Waals surface area contributed by atoms with Crippen LogP contribution >= 0.6 is 0 Å². The molecular weight excluding hydrogens is 140 g/mol. The van der Waals surface area contributed by atoms with Gasteiger partial charge in [-0.05, 0) is 20.3 Å². The minimum absolute atomic E-state index is 0.135. The number of rotatable bonds is 0. The van der Waals surface area contributed by atoms with Crippen LogP contribution in [0.2, 0.25) is 0 Å². The Kier molecular flexibility index (Phi) is 2.07. The fourth-order valence-corrected chi connectivity index (χ4v) is 1.44. The lowest BCUT2D eigenvalue weighted by molar-refractivity contribution is 0.104. The van der Waals surface area contributed by atoms with Gasteiger partial charge >= 0.3 is 6.03 Å². The number of amides is 2. The van der Waals surface area contributed by atoms with Gasteiger partial charge in [-0.15, -0.1) is 0 Å². The van der Waals surface area contributed by atoms with Crippen molar-refractivity contribution < 1.29 is 4.79 Å². The van der Waals surface area contributed by atoms with E-state index in [0.717, 1.165) is 6.42 Å². The van der Waals surface area contributed by atoms with Crippen LogP contribution in [0.5, 0.6) is 0 Å². The third kappa shape index (κ3) is 1.32. The number of urea groups is 1. The Hall–Kier alpha value is -0.730. The van der Waals surface area contributed by atoms with Gasteiger partial charge < -0.3 is 9.80 Å². The van der Waals surface area contributed by atoms with Crippen molar-refractivity contribution in [2.45, 2.75) is 32.4 Å². The maximum atomic E-state index is 11.4. The van der Waals surface area contributed by atoms with Gasteiger partial charge in [-0.3, -0.25) is 0 Å². The van der Waals surface area contributed by atoms with Crippen LogP contribution in [0.4, 0.5) is 4.79 Å². The second-order valence-corrected chi connectivity index (χ2v) is 3.44. The lowest BCUT2D eigenvalue weighted by Crippen LogP contribution is -2.53. The van der Waals surface area contributed by atoms with Gasteiger partial charge in [0.15, 0.2) is 0 Å². The van der Waals surface area contributed by atoms with Gasteiger partial charge in [0.2, 0.25) is 0 Å². The highest BCUT2D eigenvalue weighted by atomic mass is 16.2. The highest BCUT2D eigenvalue weighted by Crippen LogP contribution is 2.17. The molecule has 2 amide bonds. The molecule has 2 atom stereocenters. The standard InChI is InChI=1S/C8H16N2O/c1-6-5-7(2)10(4)8(11)9(6)3/h6-7H,5H2,1-4H3/t6-,7-/m0/s1. The Morgan fingerprint density at radius 2 is 1.55 bits per heavy atom. The quantitative estimate of drug-likeness (QED) is 0.516. The summed E-state index contributed by atoms with van der Waals surface area (Å²) in [6.07, 6.45) is 1.07. The van der Waals surface area contributed by atoms with Crippen LogP contribution in [-0.2, 0) is 0 Å². The van der Waals surface area contributed by atoms with Crippen LogP contribution in [0.3, 0.4) is 0 Å². The molecule has 1 aliphatic rings. The van der Waals surface area contributed by atoms with E-state index in [0.29, 0.717) is 12.1 Å². The smallest absolute Gasteiger partial charge is 0.319 e. The van der Waals surface area contributed by atoms with Crippen LogP contribution in [0.1, 0.15) is 20.3 Å². The Morgan fingerprint density at radius 1 is 1.18 bits per heavy atom. The fraction of sp³-hybridized carbons (Fsp3) is 0.875. The van der Waals surface area contributed by atoms with Gasteiger partial charge in [-0.25, -0.2) is 4.79 Å². The highest BCUT2D eigenvalue weighted by Gasteiger charge is 2.29. The van der Waals surface area contributed by atoms with Crippen LogP contribution in [0.15, 0.2) is 0 Å². The Balaban J connectivity index is 2.71. The summed E-state index contributed by atoms with van der Waals surface area (Å²) in [5.41, 5.74) is 0. The van der Waals surface area contributed by atoms with Gasteiger partial charge in [0.1, 0.15) is 0 Å². The zero-order valence-corrected chi connectivity index (χ0v) is 7.66. The van der Waals surface area contributed by atoms with Gasteiger partial charge in [0.05, 0.1) is 0 Å². The minimum Gasteiger partial charge on any atom is -0.325 e. The molecule has 1 saturated heterocycles. The van der Waals surface area contributed by atoms with E-state index in [-0.39, 0.29) is 6.03 Å². The Labute approximate surface area is 68.0 Å². The van der Waals surface area contributed by atoms with E-state index in [2.05, 4.69) is 13.8 Å². The van der Waals surface area contributed by atoms with Gasteiger partial charge in [-0.1, -0.05) is 0 Å². The first kappa shape index (κ1) is 8.37. The first-order chi connectivity index (χ1) is 5.04. The van der Waals surface area contributed by atoms with Gasteiger partial charge in [-0.2, -0.15) is 0 Å². The molecule has 11 heavy (non-hydrogen) atoms. The Bertz CT molecular complexity index is 153. The second-order valence-electron chi connectivity index (χ2n) is 3.44. The minimum atomic E-state index is 0.135. The molecule has 1 aliphatic heterocycles. The summed E-state index contributed by atoms with van der Waals surface area (Å²) in [4.78, 5) is 15.0. The molecule has 0 saturated carbocycles. The summed E-state index contributed by atoms with van der Waals surface area (Å²) in [6.45, 7) is 4.17.